The van der Waals surface area contributed by atoms with Crippen molar-refractivity contribution < 1.29 is 0 Å². The molecular weight excluding hydrogens is 240 g/mol. The van der Waals surface area contributed by atoms with E-state index in [0.717, 1.165) is 16.4 Å². The summed E-state index contributed by atoms with van der Waals surface area (Å²) >= 11 is 3.39. The molecule has 3 rings (SSSR count). The summed E-state index contributed by atoms with van der Waals surface area (Å²) in [5.74, 6) is 2.16. The third-order valence-corrected chi connectivity index (χ3v) is 3.75. The molecule has 0 saturated heterocycles. The normalized spacial score (nSPS) is 33.9. The zero-order valence-corrected chi connectivity index (χ0v) is 9.31. The number of hydrogen-bond acceptors (Lipinski definition) is 2. The monoisotopic (exact) mass is 250 g/mol. The summed E-state index contributed by atoms with van der Waals surface area (Å²) in [6.45, 7) is 0. The van der Waals surface area contributed by atoms with Crippen molar-refractivity contribution in [2.24, 2.45) is 11.8 Å². The lowest BCUT2D eigenvalue weighted by atomic mass is 9.90. The maximum Gasteiger partial charge on any atom is 0.116 e. The maximum absolute atomic E-state index is 4.37. The second-order valence-corrected chi connectivity index (χ2v) is 4.96. The van der Waals surface area contributed by atoms with E-state index in [9.17, 15) is 0 Å². The Balaban J connectivity index is 1.93. The topological polar surface area (TPSA) is 25.8 Å². The molecule has 1 saturated carbocycles. The highest BCUT2D eigenvalue weighted by Gasteiger charge is 2.37. The van der Waals surface area contributed by atoms with Crippen molar-refractivity contribution in [3.63, 3.8) is 0 Å². The Labute approximate surface area is 91.6 Å². The van der Waals surface area contributed by atoms with Gasteiger partial charge in [-0.25, -0.2) is 9.97 Å². The van der Waals surface area contributed by atoms with E-state index in [1.54, 1.807) is 6.33 Å². The SMILES string of the molecule is Brc1cc([C@H]2C[C@H]3C=C[C@H]2C3)ncn1. The lowest BCUT2D eigenvalue weighted by Crippen LogP contribution is -2.07. The van der Waals surface area contributed by atoms with Crippen molar-refractivity contribution in [1.29, 1.82) is 0 Å². The van der Waals surface area contributed by atoms with Crippen LogP contribution in [0.5, 0.6) is 0 Å². The van der Waals surface area contributed by atoms with Crippen LogP contribution in [0.3, 0.4) is 0 Å². The molecule has 3 heteroatoms. The maximum atomic E-state index is 4.37. The fourth-order valence-electron chi connectivity index (χ4n) is 2.67. The number of aromatic nitrogens is 2. The first-order valence-corrected chi connectivity index (χ1v) is 5.78. The molecule has 14 heavy (non-hydrogen) atoms. The fourth-order valence-corrected chi connectivity index (χ4v) is 3.00. The lowest BCUT2D eigenvalue weighted by molar-refractivity contribution is 0.568. The van der Waals surface area contributed by atoms with Crippen LogP contribution in [0.25, 0.3) is 0 Å². The largest absolute Gasteiger partial charge is 0.241 e. The molecular formula is C11H11BrN2. The van der Waals surface area contributed by atoms with Gasteiger partial charge in [0.25, 0.3) is 0 Å². The first-order chi connectivity index (χ1) is 6.83. The van der Waals surface area contributed by atoms with Crippen molar-refractivity contribution in [2.45, 2.75) is 18.8 Å². The third kappa shape index (κ3) is 1.31. The molecule has 1 aromatic rings. The molecule has 2 aliphatic rings. The van der Waals surface area contributed by atoms with Crippen molar-refractivity contribution in [2.75, 3.05) is 0 Å². The van der Waals surface area contributed by atoms with Crippen molar-refractivity contribution >= 4 is 15.9 Å². The molecule has 2 nitrogen and oxygen atoms in total. The van der Waals surface area contributed by atoms with E-state index >= 15 is 0 Å². The van der Waals surface area contributed by atoms with Crippen LogP contribution < -0.4 is 0 Å². The van der Waals surface area contributed by atoms with Gasteiger partial charge in [-0.3, -0.25) is 0 Å². The third-order valence-electron chi connectivity index (χ3n) is 3.31. The molecule has 0 amide bonds. The van der Waals surface area contributed by atoms with Crippen molar-refractivity contribution in [3.8, 4) is 0 Å². The number of hydrogen-bond donors (Lipinski definition) is 0. The average Bonchev–Trinajstić information content (AvgIpc) is 2.78. The predicted molar refractivity (Wildman–Crippen MR) is 57.8 cm³/mol. The molecule has 2 bridgehead atoms. The highest BCUT2D eigenvalue weighted by Crippen LogP contribution is 2.48. The van der Waals surface area contributed by atoms with Crippen LogP contribution in [0.15, 0.2) is 29.1 Å². The highest BCUT2D eigenvalue weighted by molar-refractivity contribution is 9.10. The van der Waals surface area contributed by atoms with Crippen LogP contribution in [0.1, 0.15) is 24.5 Å². The van der Waals surface area contributed by atoms with Gasteiger partial charge in [0.2, 0.25) is 0 Å². The first-order valence-electron chi connectivity index (χ1n) is 4.98. The summed E-state index contributed by atoms with van der Waals surface area (Å²) in [6.07, 6.45) is 8.96. The number of rotatable bonds is 1. The Kier molecular flexibility index (Phi) is 1.94. The van der Waals surface area contributed by atoms with Crippen LogP contribution in [0.2, 0.25) is 0 Å². The van der Waals surface area contributed by atoms with E-state index in [0.29, 0.717) is 5.92 Å². The van der Waals surface area contributed by atoms with Gasteiger partial charge >= 0.3 is 0 Å². The summed E-state index contributed by atoms with van der Waals surface area (Å²) in [7, 11) is 0. The van der Waals surface area contributed by atoms with Crippen LogP contribution in [0, 0.1) is 11.8 Å². The standard InChI is InChI=1S/C11H11BrN2/c12-11-5-10(13-6-14-11)9-4-7-1-2-8(9)3-7/h1-2,5-9H,3-4H2/t7-,8-,9-/m0/s1. The Morgan fingerprint density at radius 2 is 2.14 bits per heavy atom. The van der Waals surface area contributed by atoms with Gasteiger partial charge in [0.1, 0.15) is 10.9 Å². The van der Waals surface area contributed by atoms with Crippen molar-refractivity contribution in [3.05, 3.63) is 34.8 Å². The quantitative estimate of drug-likeness (QED) is 0.566. The van der Waals surface area contributed by atoms with Crippen LogP contribution in [-0.2, 0) is 0 Å². The molecule has 72 valence electrons. The molecule has 1 aromatic heterocycles. The highest BCUT2D eigenvalue weighted by atomic mass is 79.9. The van der Waals surface area contributed by atoms with Crippen molar-refractivity contribution in [1.82, 2.24) is 9.97 Å². The zero-order valence-electron chi connectivity index (χ0n) is 7.73. The van der Waals surface area contributed by atoms with E-state index in [4.69, 9.17) is 0 Å². The second-order valence-electron chi connectivity index (χ2n) is 4.15. The molecule has 0 spiro atoms. The Bertz CT molecular complexity index is 389. The fraction of sp³-hybridized carbons (Fsp3) is 0.455. The number of fused-ring (bicyclic) bond motifs is 2. The molecule has 2 aliphatic carbocycles. The first kappa shape index (κ1) is 8.60. The smallest absolute Gasteiger partial charge is 0.116 e. The molecule has 1 heterocycles. The Hall–Kier alpha value is -0.700. The van der Waals surface area contributed by atoms with E-state index < -0.39 is 0 Å². The van der Waals surface area contributed by atoms with Crippen LogP contribution >= 0.6 is 15.9 Å². The van der Waals surface area contributed by atoms with E-state index in [1.807, 2.05) is 0 Å². The molecule has 0 unspecified atom stereocenters. The Morgan fingerprint density at radius 3 is 2.79 bits per heavy atom. The summed E-state index contributed by atoms with van der Waals surface area (Å²) in [6, 6.07) is 2.05. The van der Waals surface area contributed by atoms with E-state index in [1.165, 1.54) is 18.5 Å². The Morgan fingerprint density at radius 1 is 1.21 bits per heavy atom. The molecule has 1 fully saturated rings. The van der Waals surface area contributed by atoms with Gasteiger partial charge in [0.15, 0.2) is 0 Å². The average molecular weight is 251 g/mol. The lowest BCUT2D eigenvalue weighted by Gasteiger charge is -2.16. The molecule has 0 aromatic carbocycles. The van der Waals surface area contributed by atoms with E-state index in [-0.39, 0.29) is 0 Å². The summed E-state index contributed by atoms with van der Waals surface area (Å²) in [5.41, 5.74) is 1.20. The van der Waals surface area contributed by atoms with Gasteiger partial charge in [0, 0.05) is 11.6 Å². The van der Waals surface area contributed by atoms with Crippen LogP contribution in [-0.4, -0.2) is 9.97 Å². The second kappa shape index (κ2) is 3.16. The number of allylic oxidation sites excluding steroid dienone is 2. The molecule has 0 radical (unpaired) electrons. The molecule has 0 N–H and O–H groups in total. The van der Waals surface area contributed by atoms with Gasteiger partial charge in [-0.05, 0) is 46.7 Å². The predicted octanol–water partition coefficient (Wildman–Crippen LogP) is 2.92. The van der Waals surface area contributed by atoms with Gasteiger partial charge in [-0.2, -0.15) is 0 Å². The zero-order chi connectivity index (χ0) is 9.54. The van der Waals surface area contributed by atoms with E-state index in [2.05, 4.69) is 44.1 Å². The minimum atomic E-state index is 0.629. The van der Waals surface area contributed by atoms with Gasteiger partial charge in [0.05, 0.1) is 0 Å². The minimum absolute atomic E-state index is 0.629. The summed E-state index contributed by atoms with van der Waals surface area (Å²) < 4.78 is 0.897. The number of nitrogens with zero attached hydrogens (tertiary/aromatic N) is 2. The summed E-state index contributed by atoms with van der Waals surface area (Å²) in [5, 5.41) is 0. The summed E-state index contributed by atoms with van der Waals surface area (Å²) in [4.78, 5) is 8.43. The number of halogens is 1. The van der Waals surface area contributed by atoms with Gasteiger partial charge < -0.3 is 0 Å². The van der Waals surface area contributed by atoms with Gasteiger partial charge in [-0.15, -0.1) is 0 Å². The van der Waals surface area contributed by atoms with Crippen LogP contribution in [0.4, 0.5) is 0 Å². The minimum Gasteiger partial charge on any atom is -0.241 e. The molecule has 3 atom stereocenters. The van der Waals surface area contributed by atoms with Gasteiger partial charge in [-0.1, -0.05) is 12.2 Å². The molecule has 0 aliphatic heterocycles.